The standard InChI is InChI=1S/C45H62N4O10S/c1-28-10-8-9-11-30-24-45(30,42(53)47-60(54,55)44(6)14-15-44)25-38(50)36-22-32(27-49(36)41(52)34(29(2)20-28)23-39(51)59-43(3,4)5)58-40-33-13-12-31(56-7)21-35(33)37(26-46-40)48-16-18-57-19-17-48/h9,11-13,21,26,28-30,32,34,36H,8,10,14-20,22-25,27H2,1-7H3,(H,47,53)/b11-9-/t28-,29-,30-,32-,34+,36+,45-/m1/s1. The molecule has 4 heterocycles. The Morgan fingerprint density at radius 3 is 2.48 bits per heavy atom. The Labute approximate surface area is 354 Å². The van der Waals surface area contributed by atoms with Gasteiger partial charge in [-0.1, -0.05) is 26.0 Å². The van der Waals surface area contributed by atoms with Crippen LogP contribution in [0.15, 0.2) is 36.5 Å². The predicted molar refractivity (Wildman–Crippen MR) is 226 cm³/mol. The van der Waals surface area contributed by atoms with E-state index in [1.165, 1.54) is 4.90 Å². The van der Waals surface area contributed by atoms with Crippen LogP contribution < -0.4 is 19.1 Å². The first-order valence-corrected chi connectivity index (χ1v) is 23.1. The second-order valence-electron chi connectivity index (χ2n) is 19.2. The average Bonchev–Trinajstić information content (AvgIpc) is 4.07. The summed E-state index contributed by atoms with van der Waals surface area (Å²) in [4.78, 5) is 65.9. The summed E-state index contributed by atoms with van der Waals surface area (Å²) >= 11 is 0. The highest BCUT2D eigenvalue weighted by molar-refractivity contribution is 7.91. The van der Waals surface area contributed by atoms with E-state index in [0.717, 1.165) is 22.9 Å². The van der Waals surface area contributed by atoms with Crippen molar-refractivity contribution in [1.82, 2.24) is 14.6 Å². The Morgan fingerprint density at radius 2 is 1.80 bits per heavy atom. The van der Waals surface area contributed by atoms with Crippen molar-refractivity contribution < 1.29 is 46.5 Å². The zero-order valence-electron chi connectivity index (χ0n) is 36.2. The number of pyridine rings is 1. The van der Waals surface area contributed by atoms with Crippen molar-refractivity contribution in [3.05, 3.63) is 36.5 Å². The number of anilines is 1. The van der Waals surface area contributed by atoms with Gasteiger partial charge in [0.05, 0.1) is 67.3 Å². The number of amides is 2. The maximum Gasteiger partial charge on any atom is 0.307 e. The van der Waals surface area contributed by atoms with E-state index < -0.39 is 55.7 Å². The fraction of sp³-hybridized carbons (Fsp3) is 0.667. The highest BCUT2D eigenvalue weighted by Gasteiger charge is 2.62. The maximum atomic E-state index is 15.0. The number of carbonyl (C=O) groups is 4. The number of methoxy groups -OCH3 is 1. The topological polar surface area (TPSA) is 171 Å². The number of hydrogen-bond acceptors (Lipinski definition) is 12. The first kappa shape index (κ1) is 43.8. The van der Waals surface area contributed by atoms with Crippen LogP contribution in [0.25, 0.3) is 10.8 Å². The number of nitrogens with zero attached hydrogens (tertiary/aromatic N) is 3. The molecule has 15 heteroatoms. The van der Waals surface area contributed by atoms with Crippen LogP contribution in [0, 0.1) is 29.1 Å². The molecule has 60 heavy (non-hydrogen) atoms. The van der Waals surface area contributed by atoms with Crippen molar-refractivity contribution in [2.24, 2.45) is 29.1 Å². The van der Waals surface area contributed by atoms with E-state index in [4.69, 9.17) is 23.9 Å². The number of nitrogens with one attached hydrogen (secondary N) is 1. The van der Waals surface area contributed by atoms with Crippen molar-refractivity contribution in [2.45, 2.75) is 122 Å². The normalized spacial score (nSPS) is 30.3. The molecule has 5 aliphatic rings. The maximum absolute atomic E-state index is 15.0. The Kier molecular flexibility index (Phi) is 12.4. The predicted octanol–water partition coefficient (Wildman–Crippen LogP) is 5.75. The van der Waals surface area contributed by atoms with Gasteiger partial charge in [0, 0.05) is 36.7 Å². The summed E-state index contributed by atoms with van der Waals surface area (Å²) < 4.78 is 51.6. The van der Waals surface area contributed by atoms with Gasteiger partial charge in [-0.2, -0.15) is 0 Å². The molecule has 1 N–H and O–H groups in total. The van der Waals surface area contributed by atoms with E-state index >= 15 is 4.79 Å². The van der Waals surface area contributed by atoms with E-state index in [0.29, 0.717) is 70.0 Å². The van der Waals surface area contributed by atoms with Gasteiger partial charge in [-0.25, -0.2) is 13.4 Å². The number of sulfonamides is 1. The first-order valence-electron chi connectivity index (χ1n) is 21.6. The molecule has 2 amide bonds. The van der Waals surface area contributed by atoms with Crippen molar-refractivity contribution in [3.63, 3.8) is 0 Å². The second-order valence-corrected chi connectivity index (χ2v) is 21.4. The van der Waals surface area contributed by atoms with Crippen LogP contribution in [-0.2, 0) is 38.7 Å². The lowest BCUT2D eigenvalue weighted by Crippen LogP contribution is -2.48. The van der Waals surface area contributed by atoms with Crippen molar-refractivity contribution in [1.29, 1.82) is 0 Å². The number of allylic oxidation sites excluding steroid dienone is 2. The van der Waals surface area contributed by atoms with Crippen molar-refractivity contribution >= 4 is 50.1 Å². The number of fused-ring (bicyclic) bond motifs is 3. The number of hydrogen-bond donors (Lipinski definition) is 1. The zero-order chi connectivity index (χ0) is 43.2. The van der Waals surface area contributed by atoms with E-state index in [1.54, 1.807) is 41.0 Å². The molecule has 1 aromatic heterocycles. The molecule has 0 bridgehead atoms. The lowest BCUT2D eigenvalue weighted by molar-refractivity contribution is -0.160. The summed E-state index contributed by atoms with van der Waals surface area (Å²) in [7, 11) is -2.35. The van der Waals surface area contributed by atoms with Gasteiger partial charge in [0.25, 0.3) is 0 Å². The van der Waals surface area contributed by atoms with Gasteiger partial charge in [-0.05, 0) is 102 Å². The van der Waals surface area contributed by atoms with Gasteiger partial charge in [0.15, 0.2) is 5.78 Å². The van der Waals surface area contributed by atoms with Crippen LogP contribution in [-0.4, -0.2) is 104 Å². The fourth-order valence-electron chi connectivity index (χ4n) is 9.26. The largest absolute Gasteiger partial charge is 0.497 e. The molecule has 2 saturated heterocycles. The summed E-state index contributed by atoms with van der Waals surface area (Å²) in [6.07, 6.45) is 8.22. The van der Waals surface area contributed by atoms with Crippen molar-refractivity contribution in [2.75, 3.05) is 44.9 Å². The molecule has 3 aliphatic heterocycles. The number of benzene rings is 1. The molecule has 0 unspecified atom stereocenters. The monoisotopic (exact) mass is 850 g/mol. The molecule has 14 nitrogen and oxygen atoms in total. The van der Waals surface area contributed by atoms with Crippen LogP contribution in [0.2, 0.25) is 0 Å². The van der Waals surface area contributed by atoms with Gasteiger partial charge < -0.3 is 28.7 Å². The highest BCUT2D eigenvalue weighted by Crippen LogP contribution is 2.58. The highest BCUT2D eigenvalue weighted by atomic mass is 32.2. The first-order chi connectivity index (χ1) is 28.3. The number of Topliss-reactive ketones (excluding diaryl/α,β-unsaturated/α-hetero) is 1. The molecule has 2 saturated carbocycles. The lowest BCUT2D eigenvalue weighted by atomic mass is 9.82. The molecular formula is C45H62N4O10S. The van der Waals surface area contributed by atoms with Gasteiger partial charge in [-0.15, -0.1) is 0 Å². The average molecular weight is 851 g/mol. The Bertz CT molecular complexity index is 2120. The van der Waals surface area contributed by atoms with Gasteiger partial charge in [0.1, 0.15) is 17.5 Å². The molecule has 2 aliphatic carbocycles. The number of esters is 1. The van der Waals surface area contributed by atoms with E-state index in [-0.39, 0.29) is 55.3 Å². The molecule has 7 rings (SSSR count). The minimum Gasteiger partial charge on any atom is -0.497 e. The smallest absolute Gasteiger partial charge is 0.307 e. The molecule has 0 radical (unpaired) electrons. The molecule has 2 aromatic rings. The van der Waals surface area contributed by atoms with Gasteiger partial charge in [0.2, 0.25) is 27.7 Å². The number of aromatic nitrogens is 1. The molecular weight excluding hydrogens is 789 g/mol. The lowest BCUT2D eigenvalue weighted by Gasteiger charge is -2.32. The zero-order valence-corrected chi connectivity index (χ0v) is 37.0. The Balaban J connectivity index is 1.23. The Hall–Kier alpha value is -4.24. The van der Waals surface area contributed by atoms with Crippen LogP contribution in [0.1, 0.15) is 99.3 Å². The number of ether oxygens (including phenoxy) is 4. The third kappa shape index (κ3) is 9.31. The van der Waals surface area contributed by atoms with Gasteiger partial charge >= 0.3 is 5.97 Å². The quantitative estimate of drug-likeness (QED) is 0.240. The van der Waals surface area contributed by atoms with Crippen LogP contribution in [0.4, 0.5) is 5.69 Å². The van der Waals surface area contributed by atoms with E-state index in [2.05, 4.69) is 16.5 Å². The summed E-state index contributed by atoms with van der Waals surface area (Å²) in [5.41, 5.74) is -1.13. The number of ketones is 1. The van der Waals surface area contributed by atoms with Crippen LogP contribution in [0.3, 0.4) is 0 Å². The van der Waals surface area contributed by atoms with Crippen LogP contribution in [0.5, 0.6) is 11.6 Å². The molecule has 7 atom stereocenters. The van der Waals surface area contributed by atoms with E-state index in [9.17, 15) is 22.8 Å². The van der Waals surface area contributed by atoms with E-state index in [1.807, 2.05) is 37.3 Å². The SMILES string of the molecule is COc1ccc2c(O[C@@H]3C[C@H]4C(=O)C[C@]5(C(=O)NS(=O)(=O)C6(C)CC6)C[C@H]5/C=C\CC[C@@H](C)C[C@@H](C)[C@H](CC(=O)OC(C)(C)C)C(=O)N4C3)ncc(N3CCOCC3)c2c1. The number of rotatable bonds is 9. The minimum absolute atomic E-state index is 0.0438. The molecule has 1 aromatic carbocycles. The summed E-state index contributed by atoms with van der Waals surface area (Å²) in [6, 6.07) is 4.68. The summed E-state index contributed by atoms with van der Waals surface area (Å²) in [5.74, 6) is -2.01. The second kappa shape index (κ2) is 16.9. The molecule has 0 spiro atoms. The summed E-state index contributed by atoms with van der Waals surface area (Å²) in [6.45, 7) is 13.7. The Morgan fingerprint density at radius 1 is 1.07 bits per heavy atom. The van der Waals surface area contributed by atoms with Crippen molar-refractivity contribution in [3.8, 4) is 11.6 Å². The molecule has 328 valence electrons. The fourth-order valence-corrected chi connectivity index (χ4v) is 10.6. The molecule has 4 fully saturated rings. The third-order valence-corrected chi connectivity index (χ3v) is 15.4. The summed E-state index contributed by atoms with van der Waals surface area (Å²) in [5, 5.41) is 1.61. The van der Waals surface area contributed by atoms with Crippen LogP contribution >= 0.6 is 0 Å². The third-order valence-electron chi connectivity index (χ3n) is 13.3. The van der Waals surface area contributed by atoms with Gasteiger partial charge in [-0.3, -0.25) is 23.9 Å². The number of carbonyl (C=O) groups excluding carboxylic acids is 4. The number of morpholine rings is 1. The minimum atomic E-state index is -3.97.